The Kier molecular flexibility index (Phi) is 1.84. The number of rotatable bonds is 2. The quantitative estimate of drug-likeness (QED) is 0.646. The highest BCUT2D eigenvalue weighted by Gasteiger charge is 2.71. The minimum absolute atomic E-state index is 0.00991. The molecule has 0 saturated heterocycles. The molecule has 2 rings (SSSR count). The summed E-state index contributed by atoms with van der Waals surface area (Å²) in [5.41, 5.74) is -0.439. The summed E-state index contributed by atoms with van der Waals surface area (Å²) in [5, 5.41) is 0. The molecule has 0 amide bonds. The van der Waals surface area contributed by atoms with E-state index in [0.717, 1.165) is 0 Å². The fraction of sp³-hybridized carbons (Fsp3) is 0.400. The van der Waals surface area contributed by atoms with Crippen LogP contribution in [0.5, 0.6) is 0 Å². The van der Waals surface area contributed by atoms with Crippen LogP contribution in [-0.4, -0.2) is 11.8 Å². The first-order valence-electron chi connectivity index (χ1n) is 4.12. The van der Waals surface area contributed by atoms with Gasteiger partial charge in [-0.25, -0.2) is 8.78 Å². The second kappa shape index (κ2) is 2.68. The molecule has 1 aromatic rings. The summed E-state index contributed by atoms with van der Waals surface area (Å²) in [6.45, 7) is 0. The highest BCUT2D eigenvalue weighted by Crippen LogP contribution is 2.61. The predicted molar refractivity (Wildman–Crippen MR) is 48.4 cm³/mol. The Morgan fingerprint density at radius 3 is 2.15 bits per heavy atom. The summed E-state index contributed by atoms with van der Waals surface area (Å²) in [5.74, 6) is -2.62. The van der Waals surface area contributed by atoms with Gasteiger partial charge in [0.05, 0.1) is 5.41 Å². The van der Waals surface area contributed by atoms with Crippen LogP contribution in [0.3, 0.4) is 0 Å². The average Bonchev–Trinajstić information content (AvgIpc) is 2.72. The van der Waals surface area contributed by atoms with E-state index < -0.39 is 11.3 Å². The van der Waals surface area contributed by atoms with Crippen molar-refractivity contribution >= 4 is 11.6 Å². The fourth-order valence-electron chi connectivity index (χ4n) is 1.63. The van der Waals surface area contributed by atoms with Crippen LogP contribution < -0.4 is 0 Å². The van der Waals surface area contributed by atoms with Crippen molar-refractivity contribution in [2.24, 2.45) is 0 Å². The van der Waals surface area contributed by atoms with E-state index in [9.17, 15) is 8.78 Å². The second-order valence-electron chi connectivity index (χ2n) is 3.46. The van der Waals surface area contributed by atoms with Gasteiger partial charge in [0.1, 0.15) is 0 Å². The number of benzene rings is 1. The van der Waals surface area contributed by atoms with E-state index in [1.54, 1.807) is 24.3 Å². The molecular formula is C10H9ClF2. The molecule has 0 spiro atoms. The molecule has 70 valence electrons. The van der Waals surface area contributed by atoms with Gasteiger partial charge >= 0.3 is 0 Å². The van der Waals surface area contributed by atoms with E-state index >= 15 is 0 Å². The largest absolute Gasteiger partial charge is 0.260 e. The van der Waals surface area contributed by atoms with E-state index in [1.165, 1.54) is 0 Å². The van der Waals surface area contributed by atoms with Crippen molar-refractivity contribution in [3.05, 3.63) is 35.9 Å². The Balaban J connectivity index is 2.37. The van der Waals surface area contributed by atoms with Gasteiger partial charge in [-0.3, -0.25) is 0 Å². The molecule has 13 heavy (non-hydrogen) atoms. The lowest BCUT2D eigenvalue weighted by Gasteiger charge is -2.12. The van der Waals surface area contributed by atoms with Crippen molar-refractivity contribution < 1.29 is 8.78 Å². The van der Waals surface area contributed by atoms with Crippen LogP contribution in [-0.2, 0) is 5.41 Å². The van der Waals surface area contributed by atoms with E-state index in [4.69, 9.17) is 11.6 Å². The Bertz CT molecular complexity index is 310. The summed E-state index contributed by atoms with van der Waals surface area (Å²) >= 11 is 5.59. The maximum absolute atomic E-state index is 13.1. The van der Waals surface area contributed by atoms with Crippen LogP contribution in [0, 0.1) is 0 Å². The molecule has 1 fully saturated rings. The van der Waals surface area contributed by atoms with E-state index in [-0.39, 0.29) is 12.3 Å². The summed E-state index contributed by atoms with van der Waals surface area (Å²) in [4.78, 5) is 0. The number of hydrogen-bond acceptors (Lipinski definition) is 0. The van der Waals surface area contributed by atoms with Crippen molar-refractivity contribution in [2.45, 2.75) is 17.8 Å². The molecule has 1 aliphatic carbocycles. The lowest BCUT2D eigenvalue weighted by Crippen LogP contribution is -2.18. The lowest BCUT2D eigenvalue weighted by atomic mass is 9.98. The first-order chi connectivity index (χ1) is 6.12. The highest BCUT2D eigenvalue weighted by atomic mass is 35.5. The van der Waals surface area contributed by atoms with Crippen molar-refractivity contribution in [1.82, 2.24) is 0 Å². The van der Waals surface area contributed by atoms with Crippen LogP contribution in [0.15, 0.2) is 30.3 Å². The van der Waals surface area contributed by atoms with Crippen molar-refractivity contribution in [1.29, 1.82) is 0 Å². The first-order valence-corrected chi connectivity index (χ1v) is 4.65. The Morgan fingerprint density at radius 1 is 1.23 bits per heavy atom. The van der Waals surface area contributed by atoms with Crippen LogP contribution in [0.25, 0.3) is 0 Å². The van der Waals surface area contributed by atoms with E-state index in [0.29, 0.717) is 5.56 Å². The smallest absolute Gasteiger partial charge is 0.206 e. The minimum Gasteiger partial charge on any atom is -0.206 e. The summed E-state index contributed by atoms with van der Waals surface area (Å²) in [6, 6.07) is 8.76. The second-order valence-corrected chi connectivity index (χ2v) is 3.73. The molecule has 0 aliphatic heterocycles. The van der Waals surface area contributed by atoms with Crippen molar-refractivity contribution in [3.63, 3.8) is 0 Å². The molecule has 1 aliphatic rings. The standard InChI is InChI=1S/C10H9ClF2/c11-7-9(6-10(9,12)13)8-4-2-1-3-5-8/h1-5H,6-7H2. The molecule has 0 nitrogen and oxygen atoms in total. The molecule has 0 N–H and O–H groups in total. The van der Waals surface area contributed by atoms with Gasteiger partial charge in [0.25, 0.3) is 5.92 Å². The molecule has 1 aromatic carbocycles. The van der Waals surface area contributed by atoms with Crippen molar-refractivity contribution in [3.8, 4) is 0 Å². The number of hydrogen-bond donors (Lipinski definition) is 0. The zero-order valence-electron chi connectivity index (χ0n) is 6.93. The molecule has 0 aromatic heterocycles. The van der Waals surface area contributed by atoms with Gasteiger partial charge in [0.2, 0.25) is 0 Å². The first kappa shape index (κ1) is 8.95. The van der Waals surface area contributed by atoms with Crippen LogP contribution >= 0.6 is 11.6 Å². The monoisotopic (exact) mass is 202 g/mol. The Hall–Kier alpha value is -0.630. The topological polar surface area (TPSA) is 0 Å². The molecule has 0 bridgehead atoms. The number of alkyl halides is 3. The van der Waals surface area contributed by atoms with Gasteiger partial charge in [-0.15, -0.1) is 11.6 Å². The Labute approximate surface area is 80.5 Å². The van der Waals surface area contributed by atoms with Crippen LogP contribution in [0.4, 0.5) is 8.78 Å². The SMILES string of the molecule is FC1(F)CC1(CCl)c1ccccc1. The van der Waals surface area contributed by atoms with Gasteiger partial charge in [0, 0.05) is 12.3 Å². The summed E-state index contributed by atoms with van der Waals surface area (Å²) in [6.07, 6.45) is -0.118. The van der Waals surface area contributed by atoms with Crippen molar-refractivity contribution in [2.75, 3.05) is 5.88 Å². The zero-order valence-corrected chi connectivity index (χ0v) is 7.69. The Morgan fingerprint density at radius 2 is 1.77 bits per heavy atom. The lowest BCUT2D eigenvalue weighted by molar-refractivity contribution is 0.0928. The maximum Gasteiger partial charge on any atom is 0.260 e. The summed E-state index contributed by atoms with van der Waals surface area (Å²) in [7, 11) is 0. The van der Waals surface area contributed by atoms with Gasteiger partial charge in [-0.2, -0.15) is 0 Å². The average molecular weight is 203 g/mol. The zero-order chi connectivity index (χ0) is 9.53. The molecule has 1 unspecified atom stereocenters. The van der Waals surface area contributed by atoms with Gasteiger partial charge in [0.15, 0.2) is 0 Å². The molecule has 3 heteroatoms. The normalized spacial score (nSPS) is 30.1. The minimum atomic E-state index is -2.61. The van der Waals surface area contributed by atoms with E-state index in [2.05, 4.69) is 0 Å². The third-order valence-corrected chi connectivity index (χ3v) is 3.11. The third kappa shape index (κ3) is 1.16. The molecule has 0 radical (unpaired) electrons. The van der Waals surface area contributed by atoms with Crippen LogP contribution in [0.1, 0.15) is 12.0 Å². The van der Waals surface area contributed by atoms with Gasteiger partial charge in [-0.05, 0) is 5.56 Å². The summed E-state index contributed by atoms with van der Waals surface area (Å²) < 4.78 is 26.1. The third-order valence-electron chi connectivity index (χ3n) is 2.65. The molecule has 1 saturated carbocycles. The van der Waals surface area contributed by atoms with E-state index in [1.807, 2.05) is 6.07 Å². The van der Waals surface area contributed by atoms with Gasteiger partial charge < -0.3 is 0 Å². The predicted octanol–water partition coefficient (Wildman–Crippen LogP) is 3.20. The molecule has 0 heterocycles. The number of halogens is 3. The molecular weight excluding hydrogens is 194 g/mol. The highest BCUT2D eigenvalue weighted by molar-refractivity contribution is 6.19. The fourth-order valence-corrected chi connectivity index (χ4v) is 2.07. The van der Waals surface area contributed by atoms with Crippen LogP contribution in [0.2, 0.25) is 0 Å². The van der Waals surface area contributed by atoms with Gasteiger partial charge in [-0.1, -0.05) is 30.3 Å². The molecule has 1 atom stereocenters. The maximum atomic E-state index is 13.1.